The maximum atomic E-state index is 13.3. The summed E-state index contributed by atoms with van der Waals surface area (Å²) in [6.45, 7) is 5.37. The minimum absolute atomic E-state index is 0.183. The summed E-state index contributed by atoms with van der Waals surface area (Å²) in [5, 5.41) is 3.54. The van der Waals surface area contributed by atoms with Crippen molar-refractivity contribution in [3.63, 3.8) is 0 Å². The highest BCUT2D eigenvalue weighted by molar-refractivity contribution is 9.10. The molecule has 0 aliphatic heterocycles. The van der Waals surface area contributed by atoms with Gasteiger partial charge in [-0.1, -0.05) is 19.9 Å². The van der Waals surface area contributed by atoms with Crippen LogP contribution in [0, 0.1) is 17.7 Å². The fourth-order valence-corrected chi connectivity index (χ4v) is 2.80. The predicted molar refractivity (Wildman–Crippen MR) is 72.3 cm³/mol. The Kier molecular flexibility index (Phi) is 4.21. The average Bonchev–Trinajstić information content (AvgIpc) is 2.62. The first-order valence-electron chi connectivity index (χ1n) is 6.25. The smallest absolute Gasteiger partial charge is 0.137 e. The van der Waals surface area contributed by atoms with Gasteiger partial charge in [-0.05, 0) is 58.3 Å². The number of benzene rings is 1. The zero-order valence-electron chi connectivity index (χ0n) is 10.3. The van der Waals surface area contributed by atoms with Crippen LogP contribution in [0.25, 0.3) is 0 Å². The summed E-state index contributed by atoms with van der Waals surface area (Å²) in [4.78, 5) is 0. The van der Waals surface area contributed by atoms with Crippen LogP contribution < -0.4 is 5.32 Å². The Morgan fingerprint density at radius 3 is 2.71 bits per heavy atom. The molecule has 0 aromatic heterocycles. The van der Waals surface area contributed by atoms with Gasteiger partial charge >= 0.3 is 0 Å². The van der Waals surface area contributed by atoms with Gasteiger partial charge in [0.1, 0.15) is 5.82 Å². The van der Waals surface area contributed by atoms with E-state index in [0.717, 1.165) is 23.9 Å². The normalized spacial score (nSPS) is 28.6. The van der Waals surface area contributed by atoms with Crippen molar-refractivity contribution in [2.24, 2.45) is 11.8 Å². The second-order valence-corrected chi connectivity index (χ2v) is 6.00. The molecule has 1 aliphatic rings. The standard InChI is InChI=1S/C14H19BrFN/c1-9-3-6-14(10(9)2)17-8-11-4-5-12(15)13(16)7-11/h4-5,7,9-10,14,17H,3,6,8H2,1-2H3. The molecule has 3 heteroatoms. The van der Waals surface area contributed by atoms with Crippen LogP contribution in [0.1, 0.15) is 32.3 Å². The van der Waals surface area contributed by atoms with Crippen molar-refractivity contribution in [1.82, 2.24) is 5.32 Å². The fourth-order valence-electron chi connectivity index (χ4n) is 2.55. The quantitative estimate of drug-likeness (QED) is 0.885. The SMILES string of the molecule is CC1CCC(NCc2ccc(Br)c(F)c2)C1C. The lowest BCUT2D eigenvalue weighted by Gasteiger charge is -2.19. The molecule has 0 heterocycles. The average molecular weight is 300 g/mol. The monoisotopic (exact) mass is 299 g/mol. The van der Waals surface area contributed by atoms with Gasteiger partial charge in [0.2, 0.25) is 0 Å². The van der Waals surface area contributed by atoms with Gasteiger partial charge in [-0.3, -0.25) is 0 Å². The molecule has 3 atom stereocenters. The highest BCUT2D eigenvalue weighted by Crippen LogP contribution is 2.31. The Balaban J connectivity index is 1.92. The molecule has 1 aromatic carbocycles. The van der Waals surface area contributed by atoms with Crippen molar-refractivity contribution >= 4 is 15.9 Å². The molecule has 1 N–H and O–H groups in total. The molecule has 1 nitrogen and oxygen atoms in total. The summed E-state index contributed by atoms with van der Waals surface area (Å²) in [5.41, 5.74) is 1.01. The molecule has 1 aliphatic carbocycles. The minimum atomic E-state index is -0.183. The zero-order chi connectivity index (χ0) is 12.4. The number of hydrogen-bond acceptors (Lipinski definition) is 1. The molecule has 0 radical (unpaired) electrons. The lowest BCUT2D eigenvalue weighted by Crippen LogP contribution is -2.31. The van der Waals surface area contributed by atoms with Crippen molar-refractivity contribution in [3.8, 4) is 0 Å². The number of rotatable bonds is 3. The Morgan fingerprint density at radius 1 is 1.35 bits per heavy atom. The number of hydrogen-bond donors (Lipinski definition) is 1. The lowest BCUT2D eigenvalue weighted by molar-refractivity contribution is 0.369. The summed E-state index contributed by atoms with van der Waals surface area (Å²) >= 11 is 3.17. The van der Waals surface area contributed by atoms with E-state index in [9.17, 15) is 4.39 Å². The second kappa shape index (κ2) is 5.49. The van der Waals surface area contributed by atoms with Crippen molar-refractivity contribution in [1.29, 1.82) is 0 Å². The number of halogens is 2. The minimum Gasteiger partial charge on any atom is -0.310 e. The molecular formula is C14H19BrFN. The van der Waals surface area contributed by atoms with Crippen molar-refractivity contribution < 1.29 is 4.39 Å². The molecule has 0 spiro atoms. The van der Waals surface area contributed by atoms with Gasteiger partial charge in [-0.2, -0.15) is 0 Å². The third-order valence-electron chi connectivity index (χ3n) is 4.02. The van der Waals surface area contributed by atoms with E-state index in [0.29, 0.717) is 10.5 Å². The molecule has 1 aromatic rings. The highest BCUT2D eigenvalue weighted by atomic mass is 79.9. The van der Waals surface area contributed by atoms with Gasteiger partial charge in [-0.15, -0.1) is 0 Å². The van der Waals surface area contributed by atoms with E-state index < -0.39 is 0 Å². The van der Waals surface area contributed by atoms with Crippen LogP contribution in [-0.2, 0) is 6.54 Å². The van der Waals surface area contributed by atoms with Crippen LogP contribution in [0.2, 0.25) is 0 Å². The van der Waals surface area contributed by atoms with E-state index in [1.54, 1.807) is 12.1 Å². The second-order valence-electron chi connectivity index (χ2n) is 5.15. The summed E-state index contributed by atoms with van der Waals surface area (Å²) in [6.07, 6.45) is 2.54. The lowest BCUT2D eigenvalue weighted by atomic mass is 9.98. The topological polar surface area (TPSA) is 12.0 Å². The molecule has 3 unspecified atom stereocenters. The van der Waals surface area contributed by atoms with Crippen LogP contribution in [0.3, 0.4) is 0 Å². The largest absolute Gasteiger partial charge is 0.310 e. The molecular weight excluding hydrogens is 281 g/mol. The van der Waals surface area contributed by atoms with Gasteiger partial charge in [0.25, 0.3) is 0 Å². The molecule has 0 amide bonds. The van der Waals surface area contributed by atoms with Crippen molar-refractivity contribution in [3.05, 3.63) is 34.1 Å². The predicted octanol–water partition coefficient (Wildman–Crippen LogP) is 4.11. The molecule has 1 fully saturated rings. The van der Waals surface area contributed by atoms with Crippen LogP contribution in [0.4, 0.5) is 4.39 Å². The zero-order valence-corrected chi connectivity index (χ0v) is 11.9. The summed E-state index contributed by atoms with van der Waals surface area (Å²) in [5.74, 6) is 1.33. The third-order valence-corrected chi connectivity index (χ3v) is 4.66. The van der Waals surface area contributed by atoms with E-state index in [2.05, 4.69) is 35.1 Å². The molecule has 94 valence electrons. The Bertz CT molecular complexity index is 394. The summed E-state index contributed by atoms with van der Waals surface area (Å²) < 4.78 is 13.9. The van der Waals surface area contributed by atoms with Crippen LogP contribution >= 0.6 is 15.9 Å². The summed E-state index contributed by atoms with van der Waals surface area (Å²) in [7, 11) is 0. The van der Waals surface area contributed by atoms with Gasteiger partial charge in [-0.25, -0.2) is 4.39 Å². The molecule has 0 bridgehead atoms. The molecule has 0 saturated heterocycles. The van der Waals surface area contributed by atoms with Gasteiger partial charge in [0, 0.05) is 12.6 Å². The maximum Gasteiger partial charge on any atom is 0.137 e. The maximum absolute atomic E-state index is 13.3. The first-order valence-corrected chi connectivity index (χ1v) is 7.04. The van der Waals surface area contributed by atoms with Gasteiger partial charge in [0.05, 0.1) is 4.47 Å². The first kappa shape index (κ1) is 13.0. The first-order chi connectivity index (χ1) is 8.08. The van der Waals surface area contributed by atoms with E-state index in [1.807, 2.05) is 6.07 Å². The summed E-state index contributed by atoms with van der Waals surface area (Å²) in [6, 6.07) is 5.91. The van der Waals surface area contributed by atoms with Gasteiger partial charge < -0.3 is 5.32 Å². The van der Waals surface area contributed by atoms with E-state index in [-0.39, 0.29) is 5.82 Å². The number of nitrogens with one attached hydrogen (secondary N) is 1. The molecule has 2 rings (SSSR count). The molecule has 1 saturated carbocycles. The van der Waals surface area contributed by atoms with Crippen molar-refractivity contribution in [2.45, 2.75) is 39.3 Å². The van der Waals surface area contributed by atoms with Gasteiger partial charge in [0.15, 0.2) is 0 Å². The highest BCUT2D eigenvalue weighted by Gasteiger charge is 2.28. The fraction of sp³-hybridized carbons (Fsp3) is 0.571. The van der Waals surface area contributed by atoms with E-state index >= 15 is 0 Å². The third kappa shape index (κ3) is 3.08. The molecule has 17 heavy (non-hydrogen) atoms. The Labute approximate surface area is 111 Å². The van der Waals surface area contributed by atoms with E-state index in [1.165, 1.54) is 12.8 Å². The van der Waals surface area contributed by atoms with E-state index in [4.69, 9.17) is 0 Å². The van der Waals surface area contributed by atoms with Crippen LogP contribution in [0.5, 0.6) is 0 Å². The Morgan fingerprint density at radius 2 is 2.12 bits per heavy atom. The van der Waals surface area contributed by atoms with Crippen LogP contribution in [-0.4, -0.2) is 6.04 Å². The Hall–Kier alpha value is -0.410. The van der Waals surface area contributed by atoms with Crippen molar-refractivity contribution in [2.75, 3.05) is 0 Å². The van der Waals surface area contributed by atoms with Crippen LogP contribution in [0.15, 0.2) is 22.7 Å².